The van der Waals surface area contributed by atoms with E-state index in [0.717, 1.165) is 6.07 Å². The maximum absolute atomic E-state index is 14.2. The summed E-state index contributed by atoms with van der Waals surface area (Å²) in [4.78, 5) is 38.9. The summed E-state index contributed by atoms with van der Waals surface area (Å²) in [6.45, 7) is 0. The molecule has 0 saturated heterocycles. The average Bonchev–Trinajstić information content (AvgIpc) is 2.93. The third kappa shape index (κ3) is 1.69. The molecule has 0 fully saturated rings. The van der Waals surface area contributed by atoms with Crippen molar-refractivity contribution < 1.29 is 23.9 Å². The molecule has 0 spiro atoms. The van der Waals surface area contributed by atoms with E-state index in [-0.39, 0.29) is 38.9 Å². The Morgan fingerprint density at radius 1 is 1.04 bits per heavy atom. The van der Waals surface area contributed by atoms with Crippen LogP contribution in [0.4, 0.5) is 4.39 Å². The molecule has 5 nitrogen and oxygen atoms in total. The van der Waals surface area contributed by atoms with Gasteiger partial charge < -0.3 is 10.1 Å². The Labute approximate surface area is 128 Å². The molecule has 2 aromatic carbocycles. The third-order valence-corrected chi connectivity index (χ3v) is 3.98. The zero-order chi connectivity index (χ0) is 16.3. The number of halogens is 1. The number of carbonyl (C=O) groups excluding carboxylic acids is 2. The summed E-state index contributed by atoms with van der Waals surface area (Å²) >= 11 is 0. The number of carbonyl (C=O) groups is 3. The molecule has 0 bridgehead atoms. The summed E-state index contributed by atoms with van der Waals surface area (Å²) in [6.07, 6.45) is 0. The van der Waals surface area contributed by atoms with Crippen molar-refractivity contribution >= 4 is 28.4 Å². The first-order valence-electron chi connectivity index (χ1n) is 6.76. The van der Waals surface area contributed by atoms with E-state index >= 15 is 0 Å². The van der Waals surface area contributed by atoms with Gasteiger partial charge in [-0.3, -0.25) is 9.59 Å². The number of fused-ring (bicyclic) bond motifs is 4. The van der Waals surface area contributed by atoms with Crippen LogP contribution in [-0.4, -0.2) is 27.6 Å². The van der Waals surface area contributed by atoms with Gasteiger partial charge in [0.15, 0.2) is 5.78 Å². The van der Waals surface area contributed by atoms with Gasteiger partial charge in [0.1, 0.15) is 5.82 Å². The van der Waals surface area contributed by atoms with Crippen LogP contribution in [0.2, 0.25) is 0 Å². The van der Waals surface area contributed by atoms with Crippen molar-refractivity contribution in [2.75, 3.05) is 0 Å². The summed E-state index contributed by atoms with van der Waals surface area (Å²) in [5.41, 5.74) is 0.156. The second-order valence-corrected chi connectivity index (χ2v) is 5.26. The van der Waals surface area contributed by atoms with Crippen LogP contribution in [0, 0.1) is 5.82 Å². The van der Waals surface area contributed by atoms with Crippen LogP contribution < -0.4 is 0 Å². The van der Waals surface area contributed by atoms with Crippen molar-refractivity contribution in [2.45, 2.75) is 0 Å². The molecule has 0 amide bonds. The molecule has 112 valence electrons. The Morgan fingerprint density at radius 3 is 2.35 bits per heavy atom. The van der Waals surface area contributed by atoms with Gasteiger partial charge in [-0.25, -0.2) is 9.18 Å². The minimum absolute atomic E-state index is 0.00913. The smallest absolute Gasteiger partial charge is 0.335 e. The van der Waals surface area contributed by atoms with E-state index in [1.54, 1.807) is 12.1 Å². The summed E-state index contributed by atoms with van der Waals surface area (Å²) in [7, 11) is 0. The number of nitrogens with one attached hydrogen (secondary N) is 1. The minimum Gasteiger partial charge on any atom is -0.478 e. The lowest BCUT2D eigenvalue weighted by atomic mass is 9.87. The van der Waals surface area contributed by atoms with Crippen molar-refractivity contribution in [1.82, 2.24) is 4.98 Å². The number of aromatic carboxylic acids is 1. The Kier molecular flexibility index (Phi) is 2.54. The quantitative estimate of drug-likeness (QED) is 0.566. The van der Waals surface area contributed by atoms with Gasteiger partial charge in [-0.15, -0.1) is 0 Å². The van der Waals surface area contributed by atoms with Crippen molar-refractivity contribution in [3.05, 3.63) is 70.2 Å². The van der Waals surface area contributed by atoms with Gasteiger partial charge in [-0.1, -0.05) is 24.3 Å². The van der Waals surface area contributed by atoms with E-state index < -0.39 is 23.4 Å². The lowest BCUT2D eigenvalue weighted by Crippen LogP contribution is -2.20. The second-order valence-electron chi connectivity index (χ2n) is 5.26. The topological polar surface area (TPSA) is 87.2 Å². The highest BCUT2D eigenvalue weighted by atomic mass is 19.1. The first-order chi connectivity index (χ1) is 11.0. The Balaban J connectivity index is 2.11. The van der Waals surface area contributed by atoms with Gasteiger partial charge in [0.05, 0.1) is 22.3 Å². The molecule has 3 aromatic rings. The number of H-pyrrole nitrogens is 1. The molecule has 0 aliphatic heterocycles. The predicted octanol–water partition coefficient (Wildman–Crippen LogP) is 2.78. The normalized spacial score (nSPS) is 13.1. The molecule has 0 radical (unpaired) electrons. The number of aromatic nitrogens is 1. The number of rotatable bonds is 1. The van der Waals surface area contributed by atoms with E-state index in [2.05, 4.69) is 4.98 Å². The maximum Gasteiger partial charge on any atom is 0.335 e. The van der Waals surface area contributed by atoms with Crippen molar-refractivity contribution in [3.63, 3.8) is 0 Å². The van der Waals surface area contributed by atoms with Crippen LogP contribution >= 0.6 is 0 Å². The molecule has 0 saturated carbocycles. The monoisotopic (exact) mass is 309 g/mol. The first-order valence-corrected chi connectivity index (χ1v) is 6.76. The number of benzene rings is 2. The number of hydrogen-bond acceptors (Lipinski definition) is 3. The fourth-order valence-electron chi connectivity index (χ4n) is 2.93. The summed E-state index contributed by atoms with van der Waals surface area (Å²) in [5, 5.41) is 9.16. The average molecular weight is 309 g/mol. The molecular weight excluding hydrogens is 301 g/mol. The van der Waals surface area contributed by atoms with Crippen LogP contribution in [0.15, 0.2) is 36.4 Å². The van der Waals surface area contributed by atoms with E-state index in [1.165, 1.54) is 18.2 Å². The molecule has 6 heteroatoms. The van der Waals surface area contributed by atoms with Gasteiger partial charge in [-0.05, 0) is 12.1 Å². The zero-order valence-electron chi connectivity index (χ0n) is 11.5. The van der Waals surface area contributed by atoms with Gasteiger partial charge in [0.2, 0.25) is 5.78 Å². The number of aromatic amines is 1. The number of carboxylic acid groups (broad SMARTS) is 1. The molecule has 0 atom stereocenters. The van der Waals surface area contributed by atoms with Gasteiger partial charge in [0.25, 0.3) is 0 Å². The molecule has 0 unspecified atom stereocenters. The lowest BCUT2D eigenvalue weighted by Gasteiger charge is -2.13. The summed E-state index contributed by atoms with van der Waals surface area (Å²) < 4.78 is 14.2. The summed E-state index contributed by atoms with van der Waals surface area (Å²) in [5.74, 6) is -2.97. The van der Waals surface area contributed by atoms with Crippen LogP contribution in [0.3, 0.4) is 0 Å². The Hall–Kier alpha value is -3.28. The van der Waals surface area contributed by atoms with E-state index in [0.29, 0.717) is 0 Å². The highest BCUT2D eigenvalue weighted by molar-refractivity contribution is 6.32. The number of hydrogen-bond donors (Lipinski definition) is 2. The lowest BCUT2D eigenvalue weighted by molar-refractivity contribution is 0.0696. The molecule has 1 aliphatic rings. The fraction of sp³-hybridized carbons (Fsp3) is 0. The molecule has 23 heavy (non-hydrogen) atoms. The summed E-state index contributed by atoms with van der Waals surface area (Å²) in [6, 6.07) is 8.38. The van der Waals surface area contributed by atoms with Crippen molar-refractivity contribution in [3.8, 4) is 0 Å². The number of ketones is 2. The third-order valence-electron chi connectivity index (χ3n) is 3.98. The van der Waals surface area contributed by atoms with Crippen LogP contribution in [0.25, 0.3) is 10.9 Å². The van der Waals surface area contributed by atoms with Crippen LogP contribution in [0.1, 0.15) is 42.3 Å². The second kappa shape index (κ2) is 4.36. The van der Waals surface area contributed by atoms with Gasteiger partial charge in [0, 0.05) is 16.5 Å². The maximum atomic E-state index is 14.2. The van der Waals surface area contributed by atoms with Crippen molar-refractivity contribution in [1.29, 1.82) is 0 Å². The largest absolute Gasteiger partial charge is 0.478 e. The molecule has 4 rings (SSSR count). The van der Waals surface area contributed by atoms with Crippen LogP contribution in [-0.2, 0) is 0 Å². The Bertz CT molecular complexity index is 1050. The standard InChI is InChI=1S/C17H8FNO4/c18-11-6-7(17(22)23)5-10-12-14(19-13(10)11)16(21)9-4-2-1-3-8(9)15(12)20/h1-6,19H,(H,22,23). The Morgan fingerprint density at radius 2 is 1.70 bits per heavy atom. The van der Waals surface area contributed by atoms with Crippen molar-refractivity contribution in [2.24, 2.45) is 0 Å². The zero-order valence-corrected chi connectivity index (χ0v) is 11.5. The highest BCUT2D eigenvalue weighted by Crippen LogP contribution is 2.34. The molecular formula is C17H8FNO4. The molecule has 1 aromatic heterocycles. The first kappa shape index (κ1) is 13.4. The predicted molar refractivity (Wildman–Crippen MR) is 78.5 cm³/mol. The number of carboxylic acids is 1. The molecule has 1 aliphatic carbocycles. The molecule has 2 N–H and O–H groups in total. The highest BCUT2D eigenvalue weighted by Gasteiger charge is 2.33. The van der Waals surface area contributed by atoms with Crippen LogP contribution in [0.5, 0.6) is 0 Å². The van der Waals surface area contributed by atoms with E-state index in [9.17, 15) is 18.8 Å². The van der Waals surface area contributed by atoms with Gasteiger partial charge >= 0.3 is 5.97 Å². The molecule has 1 heterocycles. The van der Waals surface area contributed by atoms with E-state index in [4.69, 9.17) is 5.11 Å². The van der Waals surface area contributed by atoms with Gasteiger partial charge in [-0.2, -0.15) is 0 Å². The SMILES string of the molecule is O=C(O)c1cc(F)c2[nH]c3c(c2c1)C(=O)c1ccccc1C3=O. The fourth-order valence-corrected chi connectivity index (χ4v) is 2.93. The van der Waals surface area contributed by atoms with E-state index in [1.807, 2.05) is 0 Å². The minimum atomic E-state index is -1.31.